The molecule has 0 atom stereocenters. The first-order chi connectivity index (χ1) is 4.30. The maximum Gasteiger partial charge on any atom is 0.335 e. The Balaban J connectivity index is -0.0000000231. The molecule has 0 fully saturated rings. The van der Waals surface area contributed by atoms with Crippen LogP contribution in [0.5, 0.6) is 0 Å². The second-order valence-electron chi connectivity index (χ2n) is 1.67. The van der Waals surface area contributed by atoms with Crippen molar-refractivity contribution < 1.29 is 27.0 Å². The SMILES string of the molecule is O=C(O)c1ccccc1.[Cu].[SH-].[SH-].[SH-].[SH-].[SH-].[SH-]. The Bertz CT molecular complexity index is 223. The number of thiol groups is 6. The number of benzene rings is 1. The van der Waals surface area contributed by atoms with Crippen molar-refractivity contribution in [1.82, 2.24) is 0 Å². The number of hydrogen-bond acceptors (Lipinski definition) is 7. The Kier molecular flexibility index (Phi) is 68.3. The minimum atomic E-state index is -0.879. The van der Waals surface area contributed by atoms with Crippen LogP contribution in [0.2, 0.25) is 0 Å². The normalized spacial score (nSPS) is 5.00. The summed E-state index contributed by atoms with van der Waals surface area (Å²) in [5, 5.41) is 8.38. The Hall–Kier alpha value is 1.31. The Morgan fingerprint density at radius 3 is 1.31 bits per heavy atom. The molecule has 0 spiro atoms. The summed E-state index contributed by atoms with van der Waals surface area (Å²) < 4.78 is 0. The molecular weight excluding hydrogens is 372 g/mol. The van der Waals surface area contributed by atoms with Crippen molar-refractivity contribution in [2.45, 2.75) is 0 Å². The topological polar surface area (TPSA) is 37.3 Å². The maximum absolute atomic E-state index is 10.2. The van der Waals surface area contributed by atoms with Gasteiger partial charge in [-0.2, -0.15) is 0 Å². The molecule has 16 heavy (non-hydrogen) atoms. The molecular formula is C7H12CuO2S6-6. The fourth-order valence-electron chi connectivity index (χ4n) is 0.581. The molecule has 0 aromatic heterocycles. The third-order valence-corrected chi connectivity index (χ3v) is 1.02. The molecule has 105 valence electrons. The van der Waals surface area contributed by atoms with Gasteiger partial charge >= 0.3 is 5.97 Å². The molecule has 1 aromatic rings. The van der Waals surface area contributed by atoms with Crippen molar-refractivity contribution in [2.24, 2.45) is 0 Å². The van der Waals surface area contributed by atoms with Crippen LogP contribution < -0.4 is 0 Å². The second kappa shape index (κ2) is 25.2. The van der Waals surface area contributed by atoms with Crippen molar-refractivity contribution in [3.05, 3.63) is 35.9 Å². The predicted molar refractivity (Wildman–Crippen MR) is 86.0 cm³/mol. The van der Waals surface area contributed by atoms with Gasteiger partial charge in [-0.1, -0.05) is 18.2 Å². The zero-order valence-electron chi connectivity index (χ0n) is 7.73. The van der Waals surface area contributed by atoms with Crippen LogP contribution in [0, 0.1) is 0 Å². The molecule has 2 nitrogen and oxygen atoms in total. The minimum Gasteiger partial charge on any atom is -0.813 e. The Morgan fingerprint density at radius 1 is 0.812 bits per heavy atom. The van der Waals surface area contributed by atoms with Crippen LogP contribution in [-0.4, -0.2) is 11.1 Å². The summed E-state index contributed by atoms with van der Waals surface area (Å²) in [5.41, 5.74) is 0.331. The average Bonchev–Trinajstić information content (AvgIpc) is 1.90. The van der Waals surface area contributed by atoms with Gasteiger partial charge < -0.3 is 86.1 Å². The first kappa shape index (κ1) is 43.3. The summed E-state index contributed by atoms with van der Waals surface area (Å²) in [4.78, 5) is 10.2. The molecule has 9 heteroatoms. The van der Waals surface area contributed by atoms with Crippen molar-refractivity contribution >= 4 is 86.9 Å². The molecule has 1 radical (unpaired) electrons. The molecule has 0 aliphatic rings. The molecule has 1 rings (SSSR count). The number of rotatable bonds is 1. The van der Waals surface area contributed by atoms with Crippen molar-refractivity contribution in [3.8, 4) is 0 Å². The van der Waals surface area contributed by atoms with Gasteiger partial charge in [0, 0.05) is 17.1 Å². The smallest absolute Gasteiger partial charge is 0.335 e. The molecule has 0 aliphatic heterocycles. The van der Waals surface area contributed by atoms with Gasteiger partial charge in [0.1, 0.15) is 0 Å². The first-order valence-corrected chi connectivity index (χ1v) is 2.59. The van der Waals surface area contributed by atoms with Crippen LogP contribution in [0.15, 0.2) is 30.3 Å². The fraction of sp³-hybridized carbons (Fsp3) is 0. The number of hydrogen-bond donors (Lipinski definition) is 1. The largest absolute Gasteiger partial charge is 0.813 e. The van der Waals surface area contributed by atoms with E-state index in [2.05, 4.69) is 0 Å². The van der Waals surface area contributed by atoms with Crippen LogP contribution in [0.25, 0.3) is 0 Å². The molecule has 1 N–H and O–H groups in total. The fourth-order valence-corrected chi connectivity index (χ4v) is 0.581. The van der Waals surface area contributed by atoms with E-state index in [0.717, 1.165) is 0 Å². The van der Waals surface area contributed by atoms with E-state index >= 15 is 0 Å². The van der Waals surface area contributed by atoms with Gasteiger partial charge in [0.2, 0.25) is 0 Å². The van der Waals surface area contributed by atoms with E-state index in [1.807, 2.05) is 0 Å². The standard InChI is InChI=1S/C7H6O2.Cu.6H2S/c8-7(9)6-4-2-1-3-5-6;;;;;;;/h1-5H,(H,8,9);;6*1H2/p-6. The third-order valence-electron chi connectivity index (χ3n) is 1.02. The van der Waals surface area contributed by atoms with Crippen LogP contribution >= 0.6 is 0 Å². The van der Waals surface area contributed by atoms with Gasteiger partial charge in [0.15, 0.2) is 0 Å². The molecule has 0 heterocycles. The monoisotopic (exact) mass is 383 g/mol. The van der Waals surface area contributed by atoms with Crippen LogP contribution in [0.3, 0.4) is 0 Å². The van der Waals surface area contributed by atoms with E-state index < -0.39 is 5.97 Å². The summed E-state index contributed by atoms with van der Waals surface area (Å²) in [7, 11) is 0. The quantitative estimate of drug-likeness (QED) is 0.404. The summed E-state index contributed by atoms with van der Waals surface area (Å²) in [5.74, 6) is -0.879. The van der Waals surface area contributed by atoms with Crippen molar-refractivity contribution in [3.63, 3.8) is 0 Å². The molecule has 0 saturated heterocycles. The van der Waals surface area contributed by atoms with Crippen molar-refractivity contribution in [1.29, 1.82) is 0 Å². The summed E-state index contributed by atoms with van der Waals surface area (Å²) >= 11 is 0. The molecule has 0 amide bonds. The Morgan fingerprint density at radius 2 is 1.12 bits per heavy atom. The van der Waals surface area contributed by atoms with Crippen LogP contribution in [0.1, 0.15) is 10.4 Å². The number of aromatic carboxylic acids is 1. The van der Waals surface area contributed by atoms with E-state index in [-0.39, 0.29) is 98.0 Å². The minimum absolute atomic E-state index is 0. The second-order valence-corrected chi connectivity index (χ2v) is 1.67. The average molecular weight is 384 g/mol. The zero-order valence-corrected chi connectivity index (χ0v) is 14.0. The molecule has 0 unspecified atom stereocenters. The summed E-state index contributed by atoms with van der Waals surface area (Å²) in [6.45, 7) is 0. The van der Waals surface area contributed by atoms with Gasteiger partial charge in [-0.25, -0.2) is 4.79 Å². The van der Waals surface area contributed by atoms with Crippen LogP contribution in [0.4, 0.5) is 0 Å². The Labute approximate surface area is 149 Å². The third kappa shape index (κ3) is 17.7. The van der Waals surface area contributed by atoms with Gasteiger partial charge in [-0.3, -0.25) is 0 Å². The number of carboxylic acid groups (broad SMARTS) is 1. The van der Waals surface area contributed by atoms with Crippen molar-refractivity contribution in [2.75, 3.05) is 0 Å². The molecule has 1 aromatic carbocycles. The first-order valence-electron chi connectivity index (χ1n) is 2.59. The van der Waals surface area contributed by atoms with E-state index in [1.54, 1.807) is 30.3 Å². The molecule has 0 bridgehead atoms. The van der Waals surface area contributed by atoms with E-state index in [4.69, 9.17) is 5.11 Å². The van der Waals surface area contributed by atoms with Gasteiger partial charge in [0.25, 0.3) is 0 Å². The zero-order chi connectivity index (χ0) is 6.69. The predicted octanol–water partition coefficient (Wildman–Crippen LogP) is -0.238. The van der Waals surface area contributed by atoms with Gasteiger partial charge in [-0.05, 0) is 12.1 Å². The van der Waals surface area contributed by atoms with Gasteiger partial charge in [0.05, 0.1) is 5.56 Å². The molecule has 0 saturated carbocycles. The number of carbonyl (C=O) groups is 1. The van der Waals surface area contributed by atoms with E-state index in [0.29, 0.717) is 5.56 Å². The van der Waals surface area contributed by atoms with E-state index in [1.165, 1.54) is 0 Å². The maximum atomic E-state index is 10.2. The van der Waals surface area contributed by atoms with Gasteiger partial charge in [-0.15, -0.1) is 0 Å². The summed E-state index contributed by atoms with van der Waals surface area (Å²) in [6, 6.07) is 8.30. The number of carboxylic acids is 1. The molecule has 0 aliphatic carbocycles. The summed E-state index contributed by atoms with van der Waals surface area (Å²) in [6.07, 6.45) is 0. The van der Waals surface area contributed by atoms with Crippen LogP contribution in [-0.2, 0) is 98.0 Å². The van der Waals surface area contributed by atoms with E-state index in [9.17, 15) is 4.79 Å².